The minimum Gasteiger partial charge on any atom is -0.290 e. The summed E-state index contributed by atoms with van der Waals surface area (Å²) >= 11 is 0. The second-order valence-corrected chi connectivity index (χ2v) is 10.5. The van der Waals surface area contributed by atoms with Crippen LogP contribution < -0.4 is 0 Å². The zero-order chi connectivity index (χ0) is 21.6. The van der Waals surface area contributed by atoms with E-state index >= 15 is 0 Å². The number of sulfonamides is 1. The molecule has 1 aliphatic carbocycles. The molecule has 3 atom stereocenters. The lowest BCUT2D eigenvalue weighted by Crippen LogP contribution is -2.22. The number of hydrogen-bond acceptors (Lipinski definition) is 5. The predicted molar refractivity (Wildman–Crippen MR) is 110 cm³/mol. The molecular formula is C21H26N2O5S. The Kier molecular flexibility index (Phi) is 5.29. The van der Waals surface area contributed by atoms with Crippen LogP contribution in [0.4, 0.5) is 5.69 Å². The molecule has 2 aliphatic rings. The van der Waals surface area contributed by atoms with Gasteiger partial charge in [-0.25, -0.2) is 8.42 Å². The molecule has 0 spiro atoms. The van der Waals surface area contributed by atoms with Gasteiger partial charge >= 0.3 is 0 Å². The second kappa shape index (κ2) is 7.18. The van der Waals surface area contributed by atoms with E-state index in [0.29, 0.717) is 24.8 Å². The predicted octanol–water partition coefficient (Wildman–Crippen LogP) is 4.01. The molecule has 0 aromatic heterocycles. The van der Waals surface area contributed by atoms with Crippen LogP contribution in [0, 0.1) is 15.5 Å². The summed E-state index contributed by atoms with van der Waals surface area (Å²) < 4.78 is 28.3. The van der Waals surface area contributed by atoms with Gasteiger partial charge in [0.2, 0.25) is 0 Å². The summed E-state index contributed by atoms with van der Waals surface area (Å²) in [6.45, 7) is 7.56. The lowest BCUT2D eigenvalue weighted by molar-refractivity contribution is -0.387. The van der Waals surface area contributed by atoms with E-state index in [2.05, 4.69) is 0 Å². The molecule has 156 valence electrons. The maximum absolute atomic E-state index is 13.4. The minimum atomic E-state index is -4.04. The van der Waals surface area contributed by atoms with Gasteiger partial charge in [0.1, 0.15) is 0 Å². The van der Waals surface area contributed by atoms with Crippen molar-refractivity contribution in [3.05, 3.63) is 58.2 Å². The van der Waals surface area contributed by atoms with Crippen molar-refractivity contribution in [1.29, 1.82) is 0 Å². The van der Waals surface area contributed by atoms with Crippen LogP contribution in [-0.4, -0.2) is 35.0 Å². The van der Waals surface area contributed by atoms with E-state index < -0.39 is 31.6 Å². The molecule has 1 aliphatic heterocycles. The molecule has 1 unspecified atom stereocenters. The standard InChI is InChI=1S/C21H26N2O5S/c1-15-8-7-12-21(4)19(14-20(2,3)13-11-17(15)24)22(21)29(27,28)18-10-6-5-9-16(18)23(25)26/h5-6,8-11,13,19H,7,12,14H2,1-4H3/b13-11+,15-8+/t19-,21+,22?/m1/s1. The van der Waals surface area contributed by atoms with Crippen molar-refractivity contribution in [3.8, 4) is 0 Å². The summed E-state index contributed by atoms with van der Waals surface area (Å²) in [4.78, 5) is 22.6. The van der Waals surface area contributed by atoms with Crippen molar-refractivity contribution >= 4 is 21.5 Å². The molecule has 29 heavy (non-hydrogen) atoms. The van der Waals surface area contributed by atoms with Crippen LogP contribution in [0.2, 0.25) is 0 Å². The first-order valence-corrected chi connectivity index (χ1v) is 11.0. The Morgan fingerprint density at radius 3 is 2.52 bits per heavy atom. The number of rotatable bonds is 3. The molecule has 3 rings (SSSR count). The number of benzene rings is 1. The molecule has 0 amide bonds. The smallest absolute Gasteiger partial charge is 0.289 e. The Labute approximate surface area is 171 Å². The van der Waals surface area contributed by atoms with E-state index in [1.165, 1.54) is 28.6 Å². The lowest BCUT2D eigenvalue weighted by Gasteiger charge is -2.20. The monoisotopic (exact) mass is 418 g/mol. The molecule has 7 nitrogen and oxygen atoms in total. The Bertz CT molecular complexity index is 1030. The van der Waals surface area contributed by atoms with Crippen molar-refractivity contribution < 1.29 is 18.1 Å². The zero-order valence-electron chi connectivity index (χ0n) is 17.1. The molecule has 8 heteroatoms. The first-order valence-electron chi connectivity index (χ1n) is 9.58. The molecule has 0 N–H and O–H groups in total. The fourth-order valence-corrected chi connectivity index (χ4v) is 6.32. The molecule has 1 saturated heterocycles. The first-order chi connectivity index (χ1) is 13.4. The van der Waals surface area contributed by atoms with Gasteiger partial charge in [0.15, 0.2) is 10.7 Å². The van der Waals surface area contributed by atoms with Gasteiger partial charge in [-0.1, -0.05) is 38.1 Å². The molecule has 0 saturated carbocycles. The number of carbonyl (C=O) groups is 1. The lowest BCUT2D eigenvalue weighted by atomic mass is 9.84. The molecular weight excluding hydrogens is 392 g/mol. The Balaban J connectivity index is 2.04. The normalized spacial score (nSPS) is 32.3. The molecule has 0 radical (unpaired) electrons. The number of hydrogen-bond donors (Lipinski definition) is 0. The summed E-state index contributed by atoms with van der Waals surface area (Å²) in [7, 11) is -4.04. The molecule has 0 bridgehead atoms. The summed E-state index contributed by atoms with van der Waals surface area (Å²) in [5.41, 5.74) is -0.841. The number of carbonyl (C=O) groups excluding carboxylic acids is 1. The van der Waals surface area contributed by atoms with Crippen molar-refractivity contribution in [1.82, 2.24) is 4.31 Å². The third kappa shape index (κ3) is 3.91. The van der Waals surface area contributed by atoms with Crippen LogP contribution in [0.5, 0.6) is 0 Å². The number of fused-ring (bicyclic) bond motifs is 1. The SMILES string of the molecule is C/C1=C\CC[C@@]2(C)[C@@H](CC(C)(C)/C=C/C1=O)N2S(=O)(=O)c1ccccc1[N+](=O)[O-]. The van der Waals surface area contributed by atoms with Crippen molar-refractivity contribution in [3.63, 3.8) is 0 Å². The van der Waals surface area contributed by atoms with Gasteiger partial charge in [-0.15, -0.1) is 0 Å². The third-order valence-corrected chi connectivity index (χ3v) is 8.02. The maximum atomic E-state index is 13.4. The van der Waals surface area contributed by atoms with Gasteiger partial charge in [-0.2, -0.15) is 4.31 Å². The van der Waals surface area contributed by atoms with Gasteiger partial charge in [0, 0.05) is 12.1 Å². The summed E-state index contributed by atoms with van der Waals surface area (Å²) in [6.07, 6.45) is 6.83. The van der Waals surface area contributed by atoms with Crippen LogP contribution in [0.3, 0.4) is 0 Å². The van der Waals surface area contributed by atoms with E-state index in [1.54, 1.807) is 13.0 Å². The highest BCUT2D eigenvalue weighted by Crippen LogP contribution is 2.54. The van der Waals surface area contributed by atoms with Crippen LogP contribution in [0.1, 0.15) is 47.0 Å². The number of para-hydroxylation sites is 1. The van der Waals surface area contributed by atoms with E-state index in [1.807, 2.05) is 32.9 Å². The summed E-state index contributed by atoms with van der Waals surface area (Å²) in [6, 6.07) is 5.17. The number of nitro benzene ring substituents is 1. The van der Waals surface area contributed by atoms with Gasteiger partial charge in [0.25, 0.3) is 15.7 Å². The highest BCUT2D eigenvalue weighted by atomic mass is 32.2. The van der Waals surface area contributed by atoms with Crippen LogP contribution in [0.15, 0.2) is 53.0 Å². The third-order valence-electron chi connectivity index (χ3n) is 5.93. The Morgan fingerprint density at radius 1 is 1.21 bits per heavy atom. The summed E-state index contributed by atoms with van der Waals surface area (Å²) in [5.74, 6) is -0.0387. The molecule has 1 aromatic carbocycles. The maximum Gasteiger partial charge on any atom is 0.289 e. The topological polar surface area (TPSA) is 97.4 Å². The van der Waals surface area contributed by atoms with Crippen LogP contribution in [0.25, 0.3) is 0 Å². The average Bonchev–Trinajstić information content (AvgIpc) is 3.22. The van der Waals surface area contributed by atoms with Crippen LogP contribution >= 0.6 is 0 Å². The fourth-order valence-electron chi connectivity index (χ4n) is 4.10. The van der Waals surface area contributed by atoms with E-state index in [-0.39, 0.29) is 16.7 Å². The van der Waals surface area contributed by atoms with Crippen molar-refractivity contribution in [2.24, 2.45) is 5.41 Å². The van der Waals surface area contributed by atoms with Gasteiger partial charge < -0.3 is 0 Å². The summed E-state index contributed by atoms with van der Waals surface area (Å²) in [5, 5.41) is 11.4. The fraction of sp³-hybridized carbons (Fsp3) is 0.476. The van der Waals surface area contributed by atoms with E-state index in [9.17, 15) is 23.3 Å². The number of ketones is 1. The highest BCUT2D eigenvalue weighted by Gasteiger charge is 2.65. The molecule has 1 heterocycles. The minimum absolute atomic E-state index is 0.0387. The van der Waals surface area contributed by atoms with Crippen molar-refractivity contribution in [2.75, 3.05) is 0 Å². The van der Waals surface area contributed by atoms with E-state index in [4.69, 9.17) is 0 Å². The molecule has 1 aromatic rings. The van der Waals surface area contributed by atoms with Gasteiger partial charge in [0.05, 0.1) is 10.5 Å². The van der Waals surface area contributed by atoms with Crippen molar-refractivity contribution in [2.45, 2.75) is 63.4 Å². The van der Waals surface area contributed by atoms with E-state index in [0.717, 1.165) is 0 Å². The average molecular weight is 419 g/mol. The Morgan fingerprint density at radius 2 is 1.86 bits per heavy atom. The zero-order valence-corrected chi connectivity index (χ0v) is 17.9. The number of nitrogens with zero attached hydrogens (tertiary/aromatic N) is 2. The van der Waals surface area contributed by atoms with Gasteiger partial charge in [-0.3, -0.25) is 14.9 Å². The van der Waals surface area contributed by atoms with Crippen LogP contribution in [-0.2, 0) is 14.8 Å². The quantitative estimate of drug-likeness (QED) is 0.420. The highest BCUT2D eigenvalue weighted by molar-refractivity contribution is 7.89. The number of nitro groups is 1. The largest absolute Gasteiger partial charge is 0.290 e. The first kappa shape index (κ1) is 21.4. The second-order valence-electron chi connectivity index (χ2n) is 8.71. The van der Waals surface area contributed by atoms with Gasteiger partial charge in [-0.05, 0) is 56.2 Å². The number of allylic oxidation sites excluding steroid dienone is 4. The molecule has 1 fully saturated rings. The Hall–Kier alpha value is -2.32.